The first-order chi connectivity index (χ1) is 11.2. The average Bonchev–Trinajstić information content (AvgIpc) is 2.99. The van der Waals surface area contributed by atoms with Gasteiger partial charge in [-0.25, -0.2) is 0 Å². The van der Waals surface area contributed by atoms with E-state index in [9.17, 15) is 4.79 Å². The minimum Gasteiger partial charge on any atom is -0.360 e. The minimum absolute atomic E-state index is 0.0314. The van der Waals surface area contributed by atoms with Crippen LogP contribution in [0.3, 0.4) is 0 Å². The number of nitrogens with zero attached hydrogens (tertiary/aromatic N) is 2. The summed E-state index contributed by atoms with van der Waals surface area (Å²) >= 11 is 0. The second kappa shape index (κ2) is 7.24. The molecule has 120 valence electrons. The van der Waals surface area contributed by atoms with Crippen LogP contribution in [-0.4, -0.2) is 35.6 Å². The third kappa shape index (κ3) is 4.29. The van der Waals surface area contributed by atoms with Gasteiger partial charge in [-0.2, -0.15) is 0 Å². The quantitative estimate of drug-likeness (QED) is 0.922. The molecule has 1 aromatic heterocycles. The number of carbonyl (C=O) groups is 1. The van der Waals surface area contributed by atoms with E-state index >= 15 is 0 Å². The Morgan fingerprint density at radius 2 is 2.17 bits per heavy atom. The number of aromatic nitrogens is 1. The highest BCUT2D eigenvalue weighted by molar-refractivity contribution is 5.89. The molecule has 2 heterocycles. The van der Waals surface area contributed by atoms with Crippen LogP contribution in [0.25, 0.3) is 5.57 Å². The fourth-order valence-corrected chi connectivity index (χ4v) is 2.72. The molecule has 0 saturated carbocycles. The number of benzene rings is 1. The number of amides is 1. The van der Waals surface area contributed by atoms with Crippen LogP contribution in [-0.2, 0) is 4.79 Å². The van der Waals surface area contributed by atoms with Crippen LogP contribution < -0.4 is 5.32 Å². The van der Waals surface area contributed by atoms with Crippen LogP contribution in [0.4, 0.5) is 5.82 Å². The topological polar surface area (TPSA) is 58.4 Å². The van der Waals surface area contributed by atoms with Gasteiger partial charge in [0, 0.05) is 32.1 Å². The molecule has 0 unspecified atom stereocenters. The highest BCUT2D eigenvalue weighted by atomic mass is 16.5. The van der Waals surface area contributed by atoms with Crippen LogP contribution in [0.2, 0.25) is 0 Å². The molecule has 1 aliphatic rings. The Morgan fingerprint density at radius 1 is 1.35 bits per heavy atom. The normalized spacial score (nSPS) is 15.3. The maximum absolute atomic E-state index is 11.9. The van der Waals surface area contributed by atoms with E-state index in [1.807, 2.05) is 6.07 Å². The Kier molecular flexibility index (Phi) is 4.88. The summed E-state index contributed by atoms with van der Waals surface area (Å²) in [6.45, 7) is 4.42. The van der Waals surface area contributed by atoms with Crippen molar-refractivity contribution >= 4 is 17.3 Å². The third-order valence-electron chi connectivity index (χ3n) is 3.99. The highest BCUT2D eigenvalue weighted by Crippen LogP contribution is 2.21. The zero-order chi connectivity index (χ0) is 16.1. The van der Waals surface area contributed by atoms with Crippen molar-refractivity contribution in [2.45, 2.75) is 19.8 Å². The maximum Gasteiger partial charge on any atom is 0.226 e. The summed E-state index contributed by atoms with van der Waals surface area (Å²) in [5.74, 6) is 1.14. The van der Waals surface area contributed by atoms with E-state index < -0.39 is 0 Å². The fraction of sp³-hybridized carbons (Fsp3) is 0.333. The first-order valence-electron chi connectivity index (χ1n) is 7.91. The van der Waals surface area contributed by atoms with E-state index in [1.54, 1.807) is 13.0 Å². The van der Waals surface area contributed by atoms with Crippen LogP contribution in [0.1, 0.15) is 24.2 Å². The molecule has 1 N–H and O–H groups in total. The number of aryl methyl sites for hydroxylation is 1. The van der Waals surface area contributed by atoms with Crippen molar-refractivity contribution in [3.63, 3.8) is 0 Å². The largest absolute Gasteiger partial charge is 0.360 e. The lowest BCUT2D eigenvalue weighted by atomic mass is 9.99. The number of hydrogen-bond acceptors (Lipinski definition) is 4. The van der Waals surface area contributed by atoms with Gasteiger partial charge >= 0.3 is 0 Å². The van der Waals surface area contributed by atoms with Crippen molar-refractivity contribution in [1.82, 2.24) is 10.1 Å². The van der Waals surface area contributed by atoms with Gasteiger partial charge in [0.15, 0.2) is 5.82 Å². The number of rotatable bonds is 5. The molecule has 1 amide bonds. The van der Waals surface area contributed by atoms with Crippen molar-refractivity contribution in [3.8, 4) is 0 Å². The molecule has 5 heteroatoms. The minimum atomic E-state index is -0.0314. The van der Waals surface area contributed by atoms with E-state index in [4.69, 9.17) is 4.52 Å². The monoisotopic (exact) mass is 311 g/mol. The number of carbonyl (C=O) groups excluding carboxylic acids is 1. The first kappa shape index (κ1) is 15.5. The highest BCUT2D eigenvalue weighted by Gasteiger charge is 2.14. The van der Waals surface area contributed by atoms with Gasteiger partial charge in [0.2, 0.25) is 5.91 Å². The predicted molar refractivity (Wildman–Crippen MR) is 90.0 cm³/mol. The van der Waals surface area contributed by atoms with E-state index in [0.717, 1.165) is 26.1 Å². The van der Waals surface area contributed by atoms with Gasteiger partial charge in [-0.3, -0.25) is 9.69 Å². The van der Waals surface area contributed by atoms with Gasteiger partial charge in [-0.15, -0.1) is 0 Å². The maximum atomic E-state index is 11.9. The van der Waals surface area contributed by atoms with Gasteiger partial charge in [-0.1, -0.05) is 41.6 Å². The Labute approximate surface area is 136 Å². The number of anilines is 1. The standard InChI is InChI=1S/C18H21N3O2/c1-14-13-17(20-23-14)19-18(22)9-12-21-10-7-16(8-11-21)15-5-3-2-4-6-15/h2-7,13H,8-12H2,1H3,(H,19,20,22). The molecule has 0 bridgehead atoms. The van der Waals surface area contributed by atoms with Crippen LogP contribution in [0.15, 0.2) is 47.0 Å². The summed E-state index contributed by atoms with van der Waals surface area (Å²) in [5, 5.41) is 6.52. The Bertz CT molecular complexity index is 691. The van der Waals surface area contributed by atoms with E-state index in [0.29, 0.717) is 18.0 Å². The van der Waals surface area contributed by atoms with Gasteiger partial charge in [0.1, 0.15) is 5.76 Å². The van der Waals surface area contributed by atoms with Crippen LogP contribution in [0.5, 0.6) is 0 Å². The molecule has 3 rings (SSSR count). The summed E-state index contributed by atoms with van der Waals surface area (Å²) in [6.07, 6.45) is 3.74. The molecule has 23 heavy (non-hydrogen) atoms. The molecular formula is C18H21N3O2. The number of hydrogen-bond donors (Lipinski definition) is 1. The molecule has 1 aliphatic heterocycles. The van der Waals surface area contributed by atoms with Crippen molar-refractivity contribution < 1.29 is 9.32 Å². The summed E-state index contributed by atoms with van der Waals surface area (Å²) in [5.41, 5.74) is 2.69. The second-order valence-electron chi connectivity index (χ2n) is 5.77. The lowest BCUT2D eigenvalue weighted by molar-refractivity contribution is -0.116. The van der Waals surface area contributed by atoms with Crippen molar-refractivity contribution in [3.05, 3.63) is 53.8 Å². The van der Waals surface area contributed by atoms with Gasteiger partial charge in [0.05, 0.1) is 0 Å². The molecule has 1 aromatic carbocycles. The van der Waals surface area contributed by atoms with Crippen molar-refractivity contribution in [2.24, 2.45) is 0 Å². The molecule has 0 atom stereocenters. The molecule has 0 radical (unpaired) electrons. The molecule has 2 aromatic rings. The van der Waals surface area contributed by atoms with E-state index in [-0.39, 0.29) is 5.91 Å². The Balaban J connectivity index is 1.45. The van der Waals surface area contributed by atoms with Crippen molar-refractivity contribution in [2.75, 3.05) is 25.0 Å². The fourth-order valence-electron chi connectivity index (χ4n) is 2.72. The third-order valence-corrected chi connectivity index (χ3v) is 3.99. The summed E-state index contributed by atoms with van der Waals surface area (Å²) < 4.78 is 4.93. The molecule has 0 saturated heterocycles. The zero-order valence-corrected chi connectivity index (χ0v) is 13.3. The first-order valence-corrected chi connectivity index (χ1v) is 7.91. The zero-order valence-electron chi connectivity index (χ0n) is 13.3. The molecule has 0 spiro atoms. The second-order valence-corrected chi connectivity index (χ2v) is 5.77. The molecule has 5 nitrogen and oxygen atoms in total. The van der Waals surface area contributed by atoms with Crippen LogP contribution in [0, 0.1) is 6.92 Å². The summed E-state index contributed by atoms with van der Waals surface area (Å²) in [6, 6.07) is 12.2. The van der Waals surface area contributed by atoms with Crippen LogP contribution >= 0.6 is 0 Å². The predicted octanol–water partition coefficient (Wildman–Crippen LogP) is 3.10. The summed E-state index contributed by atoms with van der Waals surface area (Å²) in [4.78, 5) is 14.2. The van der Waals surface area contributed by atoms with Gasteiger partial charge < -0.3 is 9.84 Å². The number of nitrogens with one attached hydrogen (secondary N) is 1. The average molecular weight is 311 g/mol. The van der Waals surface area contributed by atoms with Gasteiger partial charge in [-0.05, 0) is 24.5 Å². The van der Waals surface area contributed by atoms with E-state index in [1.165, 1.54) is 11.1 Å². The van der Waals surface area contributed by atoms with Gasteiger partial charge in [0.25, 0.3) is 0 Å². The van der Waals surface area contributed by atoms with E-state index in [2.05, 4.69) is 45.7 Å². The lowest BCUT2D eigenvalue weighted by Gasteiger charge is -2.26. The summed E-state index contributed by atoms with van der Waals surface area (Å²) in [7, 11) is 0. The Hall–Kier alpha value is -2.40. The Morgan fingerprint density at radius 3 is 2.83 bits per heavy atom. The molecule has 0 aliphatic carbocycles. The molecule has 0 fully saturated rings. The SMILES string of the molecule is Cc1cc(NC(=O)CCN2CC=C(c3ccccc3)CC2)no1. The van der Waals surface area contributed by atoms with Crippen molar-refractivity contribution in [1.29, 1.82) is 0 Å². The molecular weight excluding hydrogens is 290 g/mol. The lowest BCUT2D eigenvalue weighted by Crippen LogP contribution is -2.31. The smallest absolute Gasteiger partial charge is 0.226 e.